The summed E-state index contributed by atoms with van der Waals surface area (Å²) >= 11 is 0. The highest BCUT2D eigenvalue weighted by Crippen LogP contribution is 2.06. The summed E-state index contributed by atoms with van der Waals surface area (Å²) < 4.78 is 26.4. The van der Waals surface area contributed by atoms with Crippen LogP contribution in [0.15, 0.2) is 30.3 Å². The molecule has 31 heavy (non-hydrogen) atoms. The van der Waals surface area contributed by atoms with Crippen molar-refractivity contribution in [3.8, 4) is 0 Å². The zero-order chi connectivity index (χ0) is 22.8. The van der Waals surface area contributed by atoms with Crippen molar-refractivity contribution in [3.63, 3.8) is 0 Å². The lowest BCUT2D eigenvalue weighted by Gasteiger charge is -2.19. The zero-order valence-electron chi connectivity index (χ0n) is 18.8. The molecule has 0 aliphatic heterocycles. The fraction of sp³-hybridized carbons (Fsp3) is 0.636. The Kier molecular flexibility index (Phi) is 14.3. The molecule has 0 aliphatic carbocycles. The SMILES string of the molecule is CC(C)(C)OC(=O)NCCOCCOCCOCCNCC(=O)OCc1ccccc1. The molecular weight excluding hydrogens is 404 g/mol. The molecule has 0 saturated heterocycles. The lowest BCUT2D eigenvalue weighted by Crippen LogP contribution is -2.34. The van der Waals surface area contributed by atoms with Crippen LogP contribution in [0.4, 0.5) is 4.79 Å². The van der Waals surface area contributed by atoms with Crippen molar-refractivity contribution in [1.82, 2.24) is 10.6 Å². The van der Waals surface area contributed by atoms with E-state index in [0.717, 1.165) is 5.56 Å². The minimum absolute atomic E-state index is 0.146. The summed E-state index contributed by atoms with van der Waals surface area (Å²) in [7, 11) is 0. The topological polar surface area (TPSA) is 104 Å². The highest BCUT2D eigenvalue weighted by Gasteiger charge is 2.15. The Morgan fingerprint density at radius 3 is 2.03 bits per heavy atom. The minimum atomic E-state index is -0.509. The van der Waals surface area contributed by atoms with Gasteiger partial charge in [0.25, 0.3) is 0 Å². The molecule has 0 spiro atoms. The second-order valence-corrected chi connectivity index (χ2v) is 7.59. The van der Waals surface area contributed by atoms with Gasteiger partial charge < -0.3 is 34.3 Å². The number of hydrogen-bond acceptors (Lipinski definition) is 8. The Labute approximate surface area is 184 Å². The van der Waals surface area contributed by atoms with Crippen molar-refractivity contribution in [1.29, 1.82) is 0 Å². The van der Waals surface area contributed by atoms with E-state index in [4.69, 9.17) is 23.7 Å². The van der Waals surface area contributed by atoms with Crippen LogP contribution in [0, 0.1) is 0 Å². The Hall–Kier alpha value is -2.20. The molecule has 0 bridgehead atoms. The van der Waals surface area contributed by atoms with Crippen molar-refractivity contribution in [2.75, 3.05) is 59.3 Å². The summed E-state index contributed by atoms with van der Waals surface area (Å²) in [6.45, 7) is 9.44. The van der Waals surface area contributed by atoms with Gasteiger partial charge in [0.15, 0.2) is 0 Å². The lowest BCUT2D eigenvalue weighted by atomic mass is 10.2. The molecule has 0 saturated carbocycles. The van der Waals surface area contributed by atoms with Gasteiger partial charge in [0.2, 0.25) is 0 Å². The maximum Gasteiger partial charge on any atom is 0.407 e. The average molecular weight is 441 g/mol. The number of rotatable bonds is 16. The first-order valence-corrected chi connectivity index (χ1v) is 10.5. The summed E-state index contributed by atoms with van der Waals surface area (Å²) in [6.07, 6.45) is -0.455. The Bertz CT molecular complexity index is 606. The monoisotopic (exact) mass is 440 g/mol. The van der Waals surface area contributed by atoms with Gasteiger partial charge in [-0.1, -0.05) is 30.3 Å². The summed E-state index contributed by atoms with van der Waals surface area (Å²) in [5.74, 6) is -0.298. The number of nitrogens with one attached hydrogen (secondary N) is 2. The molecule has 1 rings (SSSR count). The van der Waals surface area contributed by atoms with Gasteiger partial charge in [-0.3, -0.25) is 4.79 Å². The van der Waals surface area contributed by atoms with E-state index in [0.29, 0.717) is 52.7 Å². The van der Waals surface area contributed by atoms with Gasteiger partial charge in [0.1, 0.15) is 12.2 Å². The molecule has 1 amide bonds. The van der Waals surface area contributed by atoms with E-state index >= 15 is 0 Å². The molecule has 0 radical (unpaired) electrons. The van der Waals surface area contributed by atoms with Crippen LogP contribution in [-0.4, -0.2) is 76.9 Å². The highest BCUT2D eigenvalue weighted by molar-refractivity contribution is 5.71. The van der Waals surface area contributed by atoms with Gasteiger partial charge >= 0.3 is 12.1 Å². The normalized spacial score (nSPS) is 11.2. The molecule has 1 aromatic rings. The summed E-state index contributed by atoms with van der Waals surface area (Å²) in [5, 5.41) is 5.59. The first-order chi connectivity index (χ1) is 14.9. The predicted molar refractivity (Wildman–Crippen MR) is 116 cm³/mol. The molecule has 0 aliphatic rings. The van der Waals surface area contributed by atoms with Crippen LogP contribution in [-0.2, 0) is 35.1 Å². The van der Waals surface area contributed by atoms with E-state index in [1.165, 1.54) is 0 Å². The molecule has 0 atom stereocenters. The van der Waals surface area contributed by atoms with Crippen LogP contribution >= 0.6 is 0 Å². The van der Waals surface area contributed by atoms with Crippen molar-refractivity contribution in [2.45, 2.75) is 33.0 Å². The minimum Gasteiger partial charge on any atom is -0.460 e. The number of carbonyl (C=O) groups is 2. The second-order valence-electron chi connectivity index (χ2n) is 7.59. The van der Waals surface area contributed by atoms with Crippen LogP contribution in [0.1, 0.15) is 26.3 Å². The molecule has 176 valence electrons. The number of esters is 1. The first kappa shape index (κ1) is 26.8. The van der Waals surface area contributed by atoms with E-state index in [1.807, 2.05) is 51.1 Å². The van der Waals surface area contributed by atoms with Crippen LogP contribution in [0.5, 0.6) is 0 Å². The highest BCUT2D eigenvalue weighted by atomic mass is 16.6. The number of ether oxygens (including phenoxy) is 5. The Balaban J connectivity index is 1.79. The van der Waals surface area contributed by atoms with Crippen LogP contribution in [0.3, 0.4) is 0 Å². The summed E-state index contributed by atoms with van der Waals surface area (Å²) in [5.41, 5.74) is 0.452. The third kappa shape index (κ3) is 17.2. The van der Waals surface area contributed by atoms with Crippen LogP contribution in [0.25, 0.3) is 0 Å². The van der Waals surface area contributed by atoms with Gasteiger partial charge in [-0.15, -0.1) is 0 Å². The summed E-state index contributed by atoms with van der Waals surface area (Å²) in [4.78, 5) is 23.0. The van der Waals surface area contributed by atoms with E-state index in [2.05, 4.69) is 10.6 Å². The molecule has 9 heteroatoms. The standard InChI is InChI=1S/C22H36N2O7/c1-22(2,3)31-21(26)24-10-12-28-14-16-29-15-13-27-11-9-23-17-20(25)30-18-19-7-5-4-6-8-19/h4-8,23H,9-18H2,1-3H3,(H,24,26). The maximum atomic E-state index is 11.6. The van der Waals surface area contributed by atoms with Crippen molar-refractivity contribution in [3.05, 3.63) is 35.9 Å². The Morgan fingerprint density at radius 2 is 1.42 bits per heavy atom. The average Bonchev–Trinajstić information content (AvgIpc) is 2.72. The molecule has 0 unspecified atom stereocenters. The number of alkyl carbamates (subject to hydrolysis) is 1. The van der Waals surface area contributed by atoms with Gasteiger partial charge in [0.05, 0.1) is 46.2 Å². The van der Waals surface area contributed by atoms with E-state index in [1.54, 1.807) is 0 Å². The number of benzene rings is 1. The Morgan fingerprint density at radius 1 is 0.839 bits per heavy atom. The maximum absolute atomic E-state index is 11.6. The van der Waals surface area contributed by atoms with Crippen LogP contribution < -0.4 is 10.6 Å². The first-order valence-electron chi connectivity index (χ1n) is 10.5. The zero-order valence-corrected chi connectivity index (χ0v) is 18.8. The van der Waals surface area contributed by atoms with Gasteiger partial charge in [-0.2, -0.15) is 0 Å². The van der Waals surface area contributed by atoms with Crippen molar-refractivity contribution in [2.24, 2.45) is 0 Å². The fourth-order valence-electron chi connectivity index (χ4n) is 2.21. The fourth-order valence-corrected chi connectivity index (χ4v) is 2.21. The number of hydrogen-bond donors (Lipinski definition) is 2. The van der Waals surface area contributed by atoms with Gasteiger partial charge in [0, 0.05) is 13.1 Å². The second kappa shape index (κ2) is 16.5. The smallest absolute Gasteiger partial charge is 0.407 e. The van der Waals surface area contributed by atoms with E-state index in [9.17, 15) is 9.59 Å². The predicted octanol–water partition coefficient (Wildman–Crippen LogP) is 1.89. The lowest BCUT2D eigenvalue weighted by molar-refractivity contribution is -0.143. The molecule has 2 N–H and O–H groups in total. The number of amides is 1. The molecule has 0 aromatic heterocycles. The largest absolute Gasteiger partial charge is 0.460 e. The molecule has 9 nitrogen and oxygen atoms in total. The third-order valence-electron chi connectivity index (χ3n) is 3.59. The molecular formula is C22H36N2O7. The van der Waals surface area contributed by atoms with Crippen molar-refractivity contribution < 1.29 is 33.3 Å². The molecule has 0 heterocycles. The number of carbonyl (C=O) groups excluding carboxylic acids is 2. The van der Waals surface area contributed by atoms with E-state index < -0.39 is 11.7 Å². The molecule has 1 aromatic carbocycles. The van der Waals surface area contributed by atoms with Crippen LogP contribution in [0.2, 0.25) is 0 Å². The van der Waals surface area contributed by atoms with Gasteiger partial charge in [-0.25, -0.2) is 4.79 Å². The summed E-state index contributed by atoms with van der Waals surface area (Å²) in [6, 6.07) is 9.55. The molecule has 0 fully saturated rings. The quantitative estimate of drug-likeness (QED) is 0.297. The van der Waals surface area contributed by atoms with E-state index in [-0.39, 0.29) is 19.1 Å². The van der Waals surface area contributed by atoms with Crippen molar-refractivity contribution >= 4 is 12.1 Å². The van der Waals surface area contributed by atoms with Gasteiger partial charge in [-0.05, 0) is 26.3 Å². The third-order valence-corrected chi connectivity index (χ3v) is 3.59.